The highest BCUT2D eigenvalue weighted by Crippen LogP contribution is 2.40. The zero-order valence-electron chi connectivity index (χ0n) is 19.0. The van der Waals surface area contributed by atoms with Gasteiger partial charge < -0.3 is 19.9 Å². The van der Waals surface area contributed by atoms with Crippen LogP contribution in [-0.2, 0) is 17.6 Å². The summed E-state index contributed by atoms with van der Waals surface area (Å²) >= 11 is 0. The van der Waals surface area contributed by atoms with Crippen molar-refractivity contribution in [2.75, 3.05) is 25.5 Å². The van der Waals surface area contributed by atoms with Crippen LogP contribution < -0.4 is 10.1 Å². The van der Waals surface area contributed by atoms with E-state index in [1.807, 2.05) is 42.3 Å². The maximum absolute atomic E-state index is 13.5. The van der Waals surface area contributed by atoms with Gasteiger partial charge in [-0.15, -0.1) is 0 Å². The Hall–Kier alpha value is -4.06. The highest BCUT2D eigenvalue weighted by Gasteiger charge is 2.34. The van der Waals surface area contributed by atoms with Crippen LogP contribution in [0.1, 0.15) is 34.0 Å². The summed E-state index contributed by atoms with van der Waals surface area (Å²) in [5, 5.41) is 4.25. The molecule has 4 heterocycles. The summed E-state index contributed by atoms with van der Waals surface area (Å²) in [6, 6.07) is 18.4. The highest BCUT2D eigenvalue weighted by molar-refractivity contribution is 5.93. The number of H-pyrrole nitrogens is 1. The fraction of sp³-hybridized carbons (Fsp3) is 0.214. The van der Waals surface area contributed by atoms with Crippen molar-refractivity contribution >= 4 is 28.7 Å². The molecule has 6 nitrogen and oxygen atoms in total. The molecule has 2 N–H and O–H groups in total. The number of pyridine rings is 1. The van der Waals surface area contributed by atoms with Crippen LogP contribution in [0.5, 0.6) is 5.75 Å². The molecule has 0 unspecified atom stereocenters. The normalized spacial score (nSPS) is 17.0. The van der Waals surface area contributed by atoms with Crippen molar-refractivity contribution in [2.45, 2.75) is 18.9 Å². The molecule has 0 saturated heterocycles. The van der Waals surface area contributed by atoms with Crippen molar-refractivity contribution in [3.63, 3.8) is 0 Å². The minimum atomic E-state index is -0.177. The molecule has 0 fully saturated rings. The lowest BCUT2D eigenvalue weighted by Crippen LogP contribution is -2.39. The zero-order chi connectivity index (χ0) is 23.1. The van der Waals surface area contributed by atoms with E-state index in [9.17, 15) is 4.79 Å². The molecule has 2 aliphatic rings. The number of fused-ring (bicyclic) bond motifs is 4. The molecule has 4 aromatic rings. The number of nitrogens with one attached hydrogen (secondary N) is 2. The number of hydrogen-bond donors (Lipinski definition) is 2. The van der Waals surface area contributed by atoms with Crippen LogP contribution in [0, 0.1) is 0 Å². The van der Waals surface area contributed by atoms with Crippen molar-refractivity contribution in [1.29, 1.82) is 0 Å². The van der Waals surface area contributed by atoms with Crippen molar-refractivity contribution in [3.8, 4) is 5.75 Å². The Balaban J connectivity index is 1.39. The lowest BCUT2D eigenvalue weighted by molar-refractivity contribution is -0.128. The van der Waals surface area contributed by atoms with Crippen LogP contribution in [0.15, 0.2) is 66.9 Å². The third kappa shape index (κ3) is 3.52. The second-order valence-corrected chi connectivity index (χ2v) is 8.77. The Morgan fingerprint density at radius 1 is 1.18 bits per heavy atom. The van der Waals surface area contributed by atoms with E-state index in [4.69, 9.17) is 4.74 Å². The summed E-state index contributed by atoms with van der Waals surface area (Å²) < 4.78 is 5.73. The van der Waals surface area contributed by atoms with Gasteiger partial charge in [-0.3, -0.25) is 4.79 Å². The number of rotatable bonds is 4. The first kappa shape index (κ1) is 20.5. The third-order valence-electron chi connectivity index (χ3n) is 6.81. The number of nitrogens with zero attached hydrogens (tertiary/aromatic N) is 2. The summed E-state index contributed by atoms with van der Waals surface area (Å²) in [7, 11) is 1.83. The molecule has 1 amide bonds. The fourth-order valence-electron chi connectivity index (χ4n) is 5.12. The van der Waals surface area contributed by atoms with Crippen molar-refractivity contribution in [3.05, 3.63) is 94.8 Å². The summed E-state index contributed by atoms with van der Waals surface area (Å²) in [5.41, 5.74) is 6.73. The van der Waals surface area contributed by atoms with Crippen LogP contribution in [0.3, 0.4) is 0 Å². The van der Waals surface area contributed by atoms with Crippen LogP contribution >= 0.6 is 0 Å². The number of ether oxygens (including phenoxy) is 1. The molecule has 6 heteroatoms. The number of benzene rings is 2. The summed E-state index contributed by atoms with van der Waals surface area (Å²) in [4.78, 5) is 23.4. The fourth-order valence-corrected chi connectivity index (χ4v) is 5.12. The molecular weight excluding hydrogens is 424 g/mol. The van der Waals surface area contributed by atoms with Crippen LogP contribution in [-0.4, -0.2) is 41.0 Å². The van der Waals surface area contributed by atoms with Crippen LogP contribution in [0.25, 0.3) is 17.0 Å². The van der Waals surface area contributed by atoms with Gasteiger partial charge in [0.2, 0.25) is 5.91 Å². The third-order valence-corrected chi connectivity index (χ3v) is 6.81. The summed E-state index contributed by atoms with van der Waals surface area (Å²) in [6.45, 7) is 1.38. The van der Waals surface area contributed by atoms with Gasteiger partial charge in [-0.25, -0.2) is 4.98 Å². The topological polar surface area (TPSA) is 70.2 Å². The van der Waals surface area contributed by atoms with E-state index in [1.165, 1.54) is 16.5 Å². The van der Waals surface area contributed by atoms with Crippen molar-refractivity contribution in [2.24, 2.45) is 0 Å². The zero-order valence-corrected chi connectivity index (χ0v) is 19.0. The van der Waals surface area contributed by atoms with Crippen molar-refractivity contribution in [1.82, 2.24) is 14.9 Å². The Labute approximate surface area is 198 Å². The first-order valence-corrected chi connectivity index (χ1v) is 11.7. The number of para-hydroxylation sites is 1. The number of anilines is 1. The maximum atomic E-state index is 13.5. The van der Waals surface area contributed by atoms with Gasteiger partial charge >= 0.3 is 0 Å². The van der Waals surface area contributed by atoms with E-state index in [-0.39, 0.29) is 11.9 Å². The van der Waals surface area contributed by atoms with E-state index in [0.29, 0.717) is 13.2 Å². The second-order valence-electron chi connectivity index (χ2n) is 8.77. The van der Waals surface area contributed by atoms with E-state index >= 15 is 0 Å². The van der Waals surface area contributed by atoms with Gasteiger partial charge in [0, 0.05) is 48.9 Å². The van der Waals surface area contributed by atoms with Gasteiger partial charge in [0.05, 0.1) is 12.6 Å². The monoisotopic (exact) mass is 450 g/mol. The summed E-state index contributed by atoms with van der Waals surface area (Å²) in [5.74, 6) is 1.74. The molecular formula is C28H26N4O2. The quantitative estimate of drug-likeness (QED) is 0.441. The highest BCUT2D eigenvalue weighted by atomic mass is 16.5. The lowest BCUT2D eigenvalue weighted by atomic mass is 9.91. The smallest absolute Gasteiger partial charge is 0.247 e. The standard InChI is InChI=1S/C28H26N4O2/c1-29-25-10-6-18(17-30-25)7-11-26(33)32-14-12-22-21-4-2-3-5-23(21)31-27(22)28(32)20-8-9-24-19(16-20)13-15-34-24/h2-11,16-17,28,31H,12-15H2,1H3,(H,29,30)/b11-7+/t28-/m1/s1. The molecule has 2 aromatic carbocycles. The number of carbonyl (C=O) groups is 1. The predicted molar refractivity (Wildman–Crippen MR) is 134 cm³/mol. The molecule has 34 heavy (non-hydrogen) atoms. The number of amides is 1. The Morgan fingerprint density at radius 3 is 2.94 bits per heavy atom. The molecule has 1 atom stereocenters. The average Bonchev–Trinajstić information content (AvgIpc) is 3.51. The molecule has 0 radical (unpaired) electrons. The molecule has 0 aliphatic carbocycles. The van der Waals surface area contributed by atoms with Gasteiger partial charge in [-0.2, -0.15) is 0 Å². The minimum absolute atomic E-state index is 0.0104. The predicted octanol–water partition coefficient (Wildman–Crippen LogP) is 4.73. The molecule has 170 valence electrons. The first-order valence-electron chi connectivity index (χ1n) is 11.7. The molecule has 0 saturated carbocycles. The average molecular weight is 451 g/mol. The molecule has 6 rings (SSSR count). The van der Waals surface area contributed by atoms with Crippen LogP contribution in [0.2, 0.25) is 0 Å². The molecule has 0 bridgehead atoms. The van der Waals surface area contributed by atoms with Crippen molar-refractivity contribution < 1.29 is 9.53 Å². The van der Waals surface area contributed by atoms with E-state index in [1.54, 1.807) is 12.3 Å². The lowest BCUT2D eigenvalue weighted by Gasteiger charge is -2.36. The van der Waals surface area contributed by atoms with Gasteiger partial charge in [-0.05, 0) is 65.1 Å². The largest absolute Gasteiger partial charge is 0.493 e. The number of aromatic nitrogens is 2. The SMILES string of the molecule is CNc1ccc(/C=C/C(=O)N2CCc3c([nH]c4ccccc34)[C@H]2c2ccc3c(c2)CCO3)cn1. The Kier molecular flexibility index (Phi) is 5.06. The van der Waals surface area contributed by atoms with E-state index in [0.717, 1.165) is 46.7 Å². The molecule has 0 spiro atoms. The number of carbonyl (C=O) groups excluding carboxylic acids is 1. The van der Waals surface area contributed by atoms with E-state index in [2.05, 4.69) is 45.6 Å². The van der Waals surface area contributed by atoms with Gasteiger partial charge in [0.25, 0.3) is 0 Å². The van der Waals surface area contributed by atoms with Gasteiger partial charge in [0.15, 0.2) is 0 Å². The Bertz CT molecular complexity index is 1400. The second kappa shape index (κ2) is 8.37. The van der Waals surface area contributed by atoms with Crippen LogP contribution in [0.4, 0.5) is 5.82 Å². The summed E-state index contributed by atoms with van der Waals surface area (Å²) in [6.07, 6.45) is 6.98. The Morgan fingerprint density at radius 2 is 2.09 bits per heavy atom. The number of hydrogen-bond acceptors (Lipinski definition) is 4. The van der Waals surface area contributed by atoms with E-state index < -0.39 is 0 Å². The van der Waals surface area contributed by atoms with Gasteiger partial charge in [-0.1, -0.05) is 24.3 Å². The number of aromatic amines is 1. The first-order chi connectivity index (χ1) is 16.7. The molecule has 2 aromatic heterocycles. The minimum Gasteiger partial charge on any atom is -0.493 e. The van der Waals surface area contributed by atoms with Gasteiger partial charge in [0.1, 0.15) is 11.6 Å². The maximum Gasteiger partial charge on any atom is 0.247 e. The molecule has 2 aliphatic heterocycles.